The number of nitrogens with zero attached hydrogens (tertiary/aromatic N) is 4. The maximum absolute atomic E-state index is 12.5. The number of rotatable bonds is 3. The molecule has 0 spiro atoms. The number of aryl methyl sites for hydroxylation is 2. The molecule has 4 rings (SSSR count). The zero-order valence-electron chi connectivity index (χ0n) is 13.5. The summed E-state index contributed by atoms with van der Waals surface area (Å²) in [5, 5.41) is 0. The third-order valence-electron chi connectivity index (χ3n) is 4.21. The van der Waals surface area contributed by atoms with Crippen molar-refractivity contribution in [2.45, 2.75) is 0 Å². The van der Waals surface area contributed by atoms with Crippen LogP contribution in [-0.4, -0.2) is 24.9 Å². The molecule has 4 aromatic rings. The van der Waals surface area contributed by atoms with Crippen LogP contribution in [0.25, 0.3) is 28.1 Å². The van der Waals surface area contributed by atoms with E-state index < -0.39 is 0 Å². The Morgan fingerprint density at radius 3 is 2.08 bits per heavy atom. The van der Waals surface area contributed by atoms with Gasteiger partial charge in [0.15, 0.2) is 5.82 Å². The van der Waals surface area contributed by atoms with E-state index in [0.717, 1.165) is 27.9 Å². The van der Waals surface area contributed by atoms with Gasteiger partial charge in [-0.05, 0) is 36.4 Å². The number of hydrogen-bond donors (Lipinski definition) is 0. The summed E-state index contributed by atoms with van der Waals surface area (Å²) in [6.45, 7) is 0. The lowest BCUT2D eigenvalue weighted by molar-refractivity contribution is 0.103. The molecular formula is C19H16N4O. The van der Waals surface area contributed by atoms with Crippen LogP contribution in [0.4, 0.5) is 0 Å². The van der Waals surface area contributed by atoms with Crippen molar-refractivity contribution in [3.8, 4) is 0 Å². The zero-order chi connectivity index (χ0) is 16.7. The molecule has 5 heteroatoms. The summed E-state index contributed by atoms with van der Waals surface area (Å²) in [7, 11) is 3.79. The van der Waals surface area contributed by atoms with Crippen molar-refractivity contribution in [1.29, 1.82) is 0 Å². The normalized spacial score (nSPS) is 11.8. The highest BCUT2D eigenvalue weighted by Crippen LogP contribution is 2.17. The molecule has 2 heterocycles. The molecule has 0 aliphatic carbocycles. The predicted octanol–water partition coefficient (Wildman–Crippen LogP) is 3.36. The van der Waals surface area contributed by atoms with Crippen molar-refractivity contribution in [1.82, 2.24) is 19.1 Å². The monoisotopic (exact) mass is 316 g/mol. The van der Waals surface area contributed by atoms with E-state index >= 15 is 0 Å². The van der Waals surface area contributed by atoms with Gasteiger partial charge in [0.2, 0.25) is 5.78 Å². The molecule has 5 nitrogen and oxygen atoms in total. The first-order chi connectivity index (χ1) is 11.6. The van der Waals surface area contributed by atoms with E-state index in [-0.39, 0.29) is 5.78 Å². The fraction of sp³-hybridized carbons (Fsp3) is 0.105. The van der Waals surface area contributed by atoms with E-state index in [1.165, 1.54) is 6.08 Å². The highest BCUT2D eigenvalue weighted by molar-refractivity contribution is 6.06. The molecule has 0 atom stereocenters. The third kappa shape index (κ3) is 2.22. The van der Waals surface area contributed by atoms with Gasteiger partial charge < -0.3 is 9.13 Å². The Kier molecular flexibility index (Phi) is 3.27. The van der Waals surface area contributed by atoms with Crippen LogP contribution >= 0.6 is 0 Å². The smallest absolute Gasteiger partial charge is 0.221 e. The summed E-state index contributed by atoms with van der Waals surface area (Å²) >= 11 is 0. The number of carbonyl (C=O) groups excluding carboxylic acids is 1. The zero-order valence-corrected chi connectivity index (χ0v) is 13.5. The maximum atomic E-state index is 12.5. The second kappa shape index (κ2) is 5.45. The standard InChI is InChI=1S/C19H16N4O/c1-22-15-9-5-3-7-13(15)20-18(22)12-11-17(24)19-21-14-8-4-6-10-16(14)23(19)2/h3-12H,1-2H3/b12-11+. The molecule has 0 aliphatic rings. The second-order valence-corrected chi connectivity index (χ2v) is 5.70. The Morgan fingerprint density at radius 1 is 0.875 bits per heavy atom. The van der Waals surface area contributed by atoms with Crippen molar-refractivity contribution in [2.24, 2.45) is 14.1 Å². The highest BCUT2D eigenvalue weighted by atomic mass is 16.1. The molecule has 0 radical (unpaired) electrons. The van der Waals surface area contributed by atoms with E-state index in [4.69, 9.17) is 0 Å². The molecule has 0 unspecified atom stereocenters. The number of imidazole rings is 2. The molecule has 2 aromatic heterocycles. The van der Waals surface area contributed by atoms with Crippen LogP contribution in [0.3, 0.4) is 0 Å². The van der Waals surface area contributed by atoms with E-state index in [1.54, 1.807) is 6.08 Å². The van der Waals surface area contributed by atoms with Crippen LogP contribution in [0.15, 0.2) is 54.6 Å². The Bertz CT molecular complexity index is 1100. The van der Waals surface area contributed by atoms with Crippen molar-refractivity contribution in [3.05, 3.63) is 66.3 Å². The number of allylic oxidation sites excluding steroid dienone is 1. The second-order valence-electron chi connectivity index (χ2n) is 5.70. The summed E-state index contributed by atoms with van der Waals surface area (Å²) < 4.78 is 3.78. The Balaban J connectivity index is 1.70. The minimum atomic E-state index is -0.138. The summed E-state index contributed by atoms with van der Waals surface area (Å²) in [6, 6.07) is 15.6. The molecule has 0 fully saturated rings. The Labute approximate surface area is 138 Å². The number of benzene rings is 2. The van der Waals surface area contributed by atoms with E-state index in [1.807, 2.05) is 71.8 Å². The van der Waals surface area contributed by atoms with E-state index in [2.05, 4.69) is 9.97 Å². The van der Waals surface area contributed by atoms with Crippen LogP contribution < -0.4 is 0 Å². The number of hydrogen-bond acceptors (Lipinski definition) is 3. The fourth-order valence-corrected chi connectivity index (χ4v) is 2.90. The van der Waals surface area contributed by atoms with Crippen molar-refractivity contribution in [3.63, 3.8) is 0 Å². The van der Waals surface area contributed by atoms with Crippen LogP contribution in [0, 0.1) is 0 Å². The molecule has 0 saturated heterocycles. The molecule has 0 N–H and O–H groups in total. The van der Waals surface area contributed by atoms with Crippen LogP contribution in [0.5, 0.6) is 0 Å². The predicted molar refractivity (Wildman–Crippen MR) is 94.8 cm³/mol. The molecular weight excluding hydrogens is 300 g/mol. The van der Waals surface area contributed by atoms with Crippen LogP contribution in [0.2, 0.25) is 0 Å². The highest BCUT2D eigenvalue weighted by Gasteiger charge is 2.13. The Morgan fingerprint density at radius 2 is 1.46 bits per heavy atom. The lowest BCUT2D eigenvalue weighted by atomic mass is 10.3. The molecule has 0 amide bonds. The van der Waals surface area contributed by atoms with Gasteiger partial charge in [0.1, 0.15) is 5.82 Å². The lowest BCUT2D eigenvalue weighted by Gasteiger charge is -1.98. The number of fused-ring (bicyclic) bond motifs is 2. The largest absolute Gasteiger partial charge is 0.328 e. The molecule has 0 aliphatic heterocycles. The van der Waals surface area contributed by atoms with Gasteiger partial charge in [-0.15, -0.1) is 0 Å². The quantitative estimate of drug-likeness (QED) is 0.430. The number of ketones is 1. The number of aromatic nitrogens is 4. The average Bonchev–Trinajstić information content (AvgIpc) is 3.11. The SMILES string of the molecule is Cn1c(/C=C/C(=O)c2nc3ccccc3n2C)nc2ccccc21. The summed E-state index contributed by atoms with van der Waals surface area (Å²) in [5.41, 5.74) is 3.71. The topological polar surface area (TPSA) is 52.7 Å². The molecule has 0 saturated carbocycles. The summed E-state index contributed by atoms with van der Waals surface area (Å²) in [6.07, 6.45) is 3.27. The first-order valence-corrected chi connectivity index (χ1v) is 7.70. The summed E-state index contributed by atoms with van der Waals surface area (Å²) in [4.78, 5) is 21.5. The molecule has 24 heavy (non-hydrogen) atoms. The first kappa shape index (κ1) is 14.4. The molecule has 0 bridgehead atoms. The van der Waals surface area contributed by atoms with Gasteiger partial charge in [-0.3, -0.25) is 4.79 Å². The van der Waals surface area contributed by atoms with Gasteiger partial charge >= 0.3 is 0 Å². The van der Waals surface area contributed by atoms with Gasteiger partial charge in [-0.2, -0.15) is 0 Å². The van der Waals surface area contributed by atoms with Gasteiger partial charge in [-0.25, -0.2) is 9.97 Å². The van der Waals surface area contributed by atoms with E-state index in [9.17, 15) is 4.79 Å². The van der Waals surface area contributed by atoms with Gasteiger partial charge in [0.05, 0.1) is 22.1 Å². The van der Waals surface area contributed by atoms with Crippen molar-refractivity contribution >= 4 is 33.9 Å². The molecule has 2 aromatic carbocycles. The number of carbonyl (C=O) groups is 1. The van der Waals surface area contributed by atoms with Crippen molar-refractivity contribution < 1.29 is 4.79 Å². The fourth-order valence-electron chi connectivity index (χ4n) is 2.90. The summed E-state index contributed by atoms with van der Waals surface area (Å²) in [5.74, 6) is 1.02. The minimum absolute atomic E-state index is 0.138. The third-order valence-corrected chi connectivity index (χ3v) is 4.21. The van der Waals surface area contributed by atoms with Gasteiger partial charge in [-0.1, -0.05) is 24.3 Å². The minimum Gasteiger partial charge on any atom is -0.328 e. The van der Waals surface area contributed by atoms with Crippen molar-refractivity contribution in [2.75, 3.05) is 0 Å². The first-order valence-electron chi connectivity index (χ1n) is 7.70. The molecule has 118 valence electrons. The van der Waals surface area contributed by atoms with Crippen LogP contribution in [0.1, 0.15) is 16.4 Å². The average molecular weight is 316 g/mol. The van der Waals surface area contributed by atoms with Crippen LogP contribution in [-0.2, 0) is 14.1 Å². The maximum Gasteiger partial charge on any atom is 0.221 e. The Hall–Kier alpha value is -3.21. The van der Waals surface area contributed by atoms with Gasteiger partial charge in [0.25, 0.3) is 0 Å². The van der Waals surface area contributed by atoms with Gasteiger partial charge in [0, 0.05) is 14.1 Å². The van der Waals surface area contributed by atoms with E-state index in [0.29, 0.717) is 5.82 Å². The lowest BCUT2D eigenvalue weighted by Crippen LogP contribution is -2.04. The number of para-hydroxylation sites is 4.